The molecule has 2 unspecified atom stereocenters. The Labute approximate surface area is 104 Å². The summed E-state index contributed by atoms with van der Waals surface area (Å²) in [5, 5.41) is 9.97. The van der Waals surface area contributed by atoms with Crippen molar-refractivity contribution in [2.24, 2.45) is 11.5 Å². The minimum absolute atomic E-state index is 0.342. The number of halogens is 1. The molecule has 4 nitrogen and oxygen atoms in total. The van der Waals surface area contributed by atoms with Gasteiger partial charge in [-0.3, -0.25) is 0 Å². The van der Waals surface area contributed by atoms with E-state index >= 15 is 0 Å². The number of nitrogens with two attached hydrogens (primary N) is 2. The normalized spacial score (nSPS) is 14.6. The summed E-state index contributed by atoms with van der Waals surface area (Å²) in [6.07, 6.45) is -0.115. The fourth-order valence-corrected chi connectivity index (χ4v) is 2.02. The average Bonchev–Trinajstić information content (AvgIpc) is 2.28. The molecule has 2 atom stereocenters. The Hall–Kier alpha value is -0.620. The monoisotopic (exact) mass is 288 g/mol. The van der Waals surface area contributed by atoms with E-state index in [0.717, 1.165) is 15.8 Å². The molecule has 0 radical (unpaired) electrons. The molecule has 0 aliphatic heterocycles. The van der Waals surface area contributed by atoms with Crippen molar-refractivity contribution in [1.29, 1.82) is 0 Å². The van der Waals surface area contributed by atoms with E-state index < -0.39 is 6.10 Å². The van der Waals surface area contributed by atoms with E-state index in [1.165, 1.54) is 0 Å². The highest BCUT2D eigenvalue weighted by molar-refractivity contribution is 9.10. The summed E-state index contributed by atoms with van der Waals surface area (Å²) in [6, 6.07) is 5.05. The number of aliphatic hydroxyl groups excluding tert-OH is 1. The van der Waals surface area contributed by atoms with Crippen LogP contribution in [-0.2, 0) is 0 Å². The highest BCUT2D eigenvalue weighted by atomic mass is 79.9. The van der Waals surface area contributed by atoms with E-state index in [4.69, 9.17) is 16.2 Å². The fraction of sp³-hybridized carbons (Fsp3) is 0.455. The van der Waals surface area contributed by atoms with Crippen LogP contribution in [0.15, 0.2) is 22.7 Å². The van der Waals surface area contributed by atoms with E-state index in [0.29, 0.717) is 13.0 Å². The van der Waals surface area contributed by atoms with Gasteiger partial charge in [0, 0.05) is 6.04 Å². The molecule has 1 aromatic carbocycles. The van der Waals surface area contributed by atoms with Crippen LogP contribution >= 0.6 is 15.9 Å². The van der Waals surface area contributed by atoms with Crippen molar-refractivity contribution in [2.75, 3.05) is 13.7 Å². The molecule has 0 fully saturated rings. The van der Waals surface area contributed by atoms with Gasteiger partial charge in [0.15, 0.2) is 0 Å². The highest BCUT2D eigenvalue weighted by Gasteiger charge is 2.17. The molecule has 0 aliphatic carbocycles. The first-order valence-electron chi connectivity index (χ1n) is 5.07. The highest BCUT2D eigenvalue weighted by Crippen LogP contribution is 2.29. The molecule has 1 aromatic rings. The van der Waals surface area contributed by atoms with Crippen LogP contribution in [0.1, 0.15) is 18.1 Å². The number of benzene rings is 1. The summed E-state index contributed by atoms with van der Waals surface area (Å²) in [5.41, 5.74) is 12.0. The van der Waals surface area contributed by atoms with Gasteiger partial charge in [0.25, 0.3) is 0 Å². The summed E-state index contributed by atoms with van der Waals surface area (Å²) in [7, 11) is 1.59. The minimum Gasteiger partial charge on any atom is -0.496 e. The van der Waals surface area contributed by atoms with E-state index in [2.05, 4.69) is 15.9 Å². The number of rotatable bonds is 5. The van der Waals surface area contributed by atoms with E-state index in [9.17, 15) is 5.11 Å². The Morgan fingerprint density at radius 3 is 2.69 bits per heavy atom. The zero-order valence-corrected chi connectivity index (χ0v) is 10.8. The molecule has 5 heteroatoms. The third-order valence-corrected chi connectivity index (χ3v) is 3.04. The lowest BCUT2D eigenvalue weighted by Gasteiger charge is -2.19. The zero-order chi connectivity index (χ0) is 12.1. The van der Waals surface area contributed by atoms with Gasteiger partial charge >= 0.3 is 0 Å². The molecular formula is C11H17BrN2O2. The molecule has 1 rings (SSSR count). The summed E-state index contributed by atoms with van der Waals surface area (Å²) < 4.78 is 5.91. The Morgan fingerprint density at radius 2 is 2.19 bits per heavy atom. The lowest BCUT2D eigenvalue weighted by Crippen LogP contribution is -2.30. The first-order chi connectivity index (χ1) is 7.60. The summed E-state index contributed by atoms with van der Waals surface area (Å²) >= 11 is 3.36. The van der Waals surface area contributed by atoms with Gasteiger partial charge in [0.05, 0.1) is 17.7 Å². The molecule has 5 N–H and O–H groups in total. The van der Waals surface area contributed by atoms with Gasteiger partial charge in [-0.25, -0.2) is 0 Å². The molecule has 16 heavy (non-hydrogen) atoms. The Bertz CT molecular complexity index is 347. The molecule has 0 aromatic heterocycles. The van der Waals surface area contributed by atoms with Crippen molar-refractivity contribution in [2.45, 2.75) is 18.6 Å². The van der Waals surface area contributed by atoms with Crippen molar-refractivity contribution in [1.82, 2.24) is 0 Å². The number of hydrogen-bond acceptors (Lipinski definition) is 4. The molecule has 0 saturated heterocycles. The average molecular weight is 289 g/mol. The first-order valence-corrected chi connectivity index (χ1v) is 5.86. The molecule has 0 aliphatic rings. The maximum atomic E-state index is 9.97. The standard InChI is InChI=1S/C11H17BrN2O2/c1-16-10-3-2-7(6-8(10)12)11(15)9(14)4-5-13/h2-3,6,9,11,15H,4-5,13-14H2,1H3. The second-order valence-corrected chi connectivity index (χ2v) is 4.43. The van der Waals surface area contributed by atoms with Crippen LogP contribution in [0.25, 0.3) is 0 Å². The molecule has 0 spiro atoms. The van der Waals surface area contributed by atoms with Crippen molar-refractivity contribution < 1.29 is 9.84 Å². The van der Waals surface area contributed by atoms with Crippen molar-refractivity contribution in [3.8, 4) is 5.75 Å². The summed E-state index contributed by atoms with van der Waals surface area (Å²) in [5.74, 6) is 0.725. The van der Waals surface area contributed by atoms with Gasteiger partial charge in [0.1, 0.15) is 5.75 Å². The summed E-state index contributed by atoms with van der Waals surface area (Å²) in [6.45, 7) is 0.468. The first kappa shape index (κ1) is 13.4. The summed E-state index contributed by atoms with van der Waals surface area (Å²) in [4.78, 5) is 0. The Morgan fingerprint density at radius 1 is 1.50 bits per heavy atom. The Kier molecular flexibility index (Phi) is 5.21. The predicted octanol–water partition coefficient (Wildman–Crippen LogP) is 1.17. The predicted molar refractivity (Wildman–Crippen MR) is 67.3 cm³/mol. The van der Waals surface area contributed by atoms with Crippen LogP contribution in [0.5, 0.6) is 5.75 Å². The van der Waals surface area contributed by atoms with E-state index in [1.807, 2.05) is 0 Å². The van der Waals surface area contributed by atoms with E-state index in [-0.39, 0.29) is 6.04 Å². The molecule has 0 amide bonds. The lowest BCUT2D eigenvalue weighted by atomic mass is 10.0. The zero-order valence-electron chi connectivity index (χ0n) is 9.19. The molecule has 0 heterocycles. The van der Waals surface area contributed by atoms with Gasteiger partial charge in [-0.2, -0.15) is 0 Å². The van der Waals surface area contributed by atoms with Gasteiger partial charge in [-0.05, 0) is 46.6 Å². The third kappa shape index (κ3) is 3.18. The number of hydrogen-bond donors (Lipinski definition) is 3. The third-order valence-electron chi connectivity index (χ3n) is 2.42. The van der Waals surface area contributed by atoms with E-state index in [1.54, 1.807) is 25.3 Å². The lowest BCUT2D eigenvalue weighted by molar-refractivity contribution is 0.143. The number of ether oxygens (including phenoxy) is 1. The van der Waals surface area contributed by atoms with Crippen LogP contribution < -0.4 is 16.2 Å². The fourth-order valence-electron chi connectivity index (χ4n) is 1.46. The molecular weight excluding hydrogens is 272 g/mol. The smallest absolute Gasteiger partial charge is 0.133 e. The SMILES string of the molecule is COc1ccc(C(O)C(N)CCN)cc1Br. The Balaban J connectivity index is 2.84. The minimum atomic E-state index is -0.703. The number of aliphatic hydroxyl groups is 1. The second-order valence-electron chi connectivity index (χ2n) is 3.58. The van der Waals surface area contributed by atoms with Gasteiger partial charge in [0.2, 0.25) is 0 Å². The van der Waals surface area contributed by atoms with Crippen molar-refractivity contribution in [3.05, 3.63) is 28.2 Å². The van der Waals surface area contributed by atoms with Crippen LogP contribution in [0.3, 0.4) is 0 Å². The molecule has 0 bridgehead atoms. The van der Waals surface area contributed by atoms with Crippen LogP contribution in [0.4, 0.5) is 0 Å². The van der Waals surface area contributed by atoms with Crippen LogP contribution in [0, 0.1) is 0 Å². The van der Waals surface area contributed by atoms with Crippen LogP contribution in [-0.4, -0.2) is 24.8 Å². The topological polar surface area (TPSA) is 81.5 Å². The number of methoxy groups -OCH3 is 1. The maximum Gasteiger partial charge on any atom is 0.133 e. The quantitative estimate of drug-likeness (QED) is 0.760. The van der Waals surface area contributed by atoms with Crippen molar-refractivity contribution in [3.63, 3.8) is 0 Å². The molecule has 90 valence electrons. The maximum absolute atomic E-state index is 9.97. The van der Waals surface area contributed by atoms with Gasteiger partial charge in [-0.15, -0.1) is 0 Å². The van der Waals surface area contributed by atoms with Gasteiger partial charge in [-0.1, -0.05) is 6.07 Å². The van der Waals surface area contributed by atoms with Gasteiger partial charge < -0.3 is 21.3 Å². The molecule has 0 saturated carbocycles. The largest absolute Gasteiger partial charge is 0.496 e. The van der Waals surface area contributed by atoms with Crippen molar-refractivity contribution >= 4 is 15.9 Å². The second kappa shape index (κ2) is 6.20. The van der Waals surface area contributed by atoms with Crippen LogP contribution in [0.2, 0.25) is 0 Å².